The molecule has 0 amide bonds. The van der Waals surface area contributed by atoms with Crippen LogP contribution in [-0.2, 0) is 0 Å². The molecule has 1 aliphatic carbocycles. The summed E-state index contributed by atoms with van der Waals surface area (Å²) in [6.45, 7) is 0. The van der Waals surface area contributed by atoms with Crippen molar-refractivity contribution in [1.29, 1.82) is 0 Å². The molecule has 0 aliphatic heterocycles. The van der Waals surface area contributed by atoms with E-state index in [9.17, 15) is 8.78 Å². The lowest BCUT2D eigenvalue weighted by Gasteiger charge is -2.02. The third-order valence-corrected chi connectivity index (χ3v) is 3.92. The molecule has 0 bridgehead atoms. The van der Waals surface area contributed by atoms with Crippen LogP contribution >= 0.6 is 31.9 Å². The Morgan fingerprint density at radius 2 is 1.92 bits per heavy atom. The van der Waals surface area contributed by atoms with Crippen LogP contribution in [0.25, 0.3) is 0 Å². The highest BCUT2D eigenvalue weighted by Crippen LogP contribution is 2.62. The highest BCUT2D eigenvalue weighted by molar-refractivity contribution is 9.25. The molecule has 0 N–H and O–H groups in total. The Labute approximate surface area is 91.6 Å². The summed E-state index contributed by atoms with van der Waals surface area (Å²) < 4.78 is 25.6. The molecule has 1 unspecified atom stereocenters. The number of hydrogen-bond donors (Lipinski definition) is 0. The second kappa shape index (κ2) is 3.02. The normalized spacial score (nSPS) is 24.5. The van der Waals surface area contributed by atoms with E-state index in [-0.39, 0.29) is 9.15 Å². The zero-order valence-electron chi connectivity index (χ0n) is 6.53. The topological polar surface area (TPSA) is 0 Å². The van der Waals surface area contributed by atoms with Crippen molar-refractivity contribution < 1.29 is 8.78 Å². The Morgan fingerprint density at radius 1 is 1.31 bits per heavy atom. The summed E-state index contributed by atoms with van der Waals surface area (Å²) in [5, 5.41) is 0. The van der Waals surface area contributed by atoms with E-state index in [1.807, 2.05) is 0 Å². The van der Waals surface area contributed by atoms with Gasteiger partial charge in [-0.1, -0.05) is 37.9 Å². The summed E-state index contributed by atoms with van der Waals surface area (Å²) in [6.07, 6.45) is 0.829. The summed E-state index contributed by atoms with van der Waals surface area (Å²) in [7, 11) is 0. The second-order valence-corrected chi connectivity index (χ2v) is 7.08. The van der Waals surface area contributed by atoms with Crippen LogP contribution in [0.4, 0.5) is 8.78 Å². The van der Waals surface area contributed by atoms with Gasteiger partial charge in [0.2, 0.25) is 0 Å². The predicted octanol–water partition coefficient (Wildman–Crippen LogP) is 3.94. The average Bonchev–Trinajstić information content (AvgIpc) is 2.59. The number of alkyl halides is 2. The fourth-order valence-electron chi connectivity index (χ4n) is 1.33. The van der Waals surface area contributed by atoms with E-state index >= 15 is 0 Å². The summed E-state index contributed by atoms with van der Waals surface area (Å²) in [6, 6.07) is 3.70. The number of benzene rings is 1. The Morgan fingerprint density at radius 3 is 2.38 bits per heavy atom. The van der Waals surface area contributed by atoms with E-state index in [2.05, 4.69) is 31.9 Å². The first kappa shape index (κ1) is 9.59. The third kappa shape index (κ3) is 1.79. The number of hydrogen-bond acceptors (Lipinski definition) is 0. The van der Waals surface area contributed by atoms with Gasteiger partial charge < -0.3 is 0 Å². The maximum absolute atomic E-state index is 13.2. The third-order valence-electron chi connectivity index (χ3n) is 2.16. The summed E-state index contributed by atoms with van der Waals surface area (Å²) in [5.74, 6) is -0.893. The maximum Gasteiger partial charge on any atom is 0.129 e. The molecule has 4 heteroatoms. The van der Waals surface area contributed by atoms with Gasteiger partial charge in [-0.15, -0.1) is 0 Å². The SMILES string of the molecule is Fc1ccc(C2CC2(Br)Br)c(F)c1. The number of halogens is 4. The van der Waals surface area contributed by atoms with Gasteiger partial charge in [-0.2, -0.15) is 0 Å². The summed E-state index contributed by atoms with van der Waals surface area (Å²) >= 11 is 6.80. The molecule has 1 atom stereocenters. The Kier molecular flexibility index (Phi) is 2.23. The quantitative estimate of drug-likeness (QED) is 0.689. The van der Waals surface area contributed by atoms with Crippen LogP contribution in [0.5, 0.6) is 0 Å². The molecule has 0 heterocycles. The molecule has 1 aromatic carbocycles. The number of rotatable bonds is 1. The van der Waals surface area contributed by atoms with Crippen molar-refractivity contribution in [2.24, 2.45) is 0 Å². The van der Waals surface area contributed by atoms with Gasteiger partial charge in [0.05, 0.1) is 3.23 Å². The summed E-state index contributed by atoms with van der Waals surface area (Å²) in [5.41, 5.74) is 0.565. The molecule has 0 nitrogen and oxygen atoms in total. The van der Waals surface area contributed by atoms with Crippen LogP contribution in [0.1, 0.15) is 17.9 Å². The van der Waals surface area contributed by atoms with E-state index in [0.717, 1.165) is 12.5 Å². The molecular weight excluding hydrogens is 306 g/mol. The van der Waals surface area contributed by atoms with E-state index in [0.29, 0.717) is 5.56 Å². The molecule has 0 radical (unpaired) electrons. The largest absolute Gasteiger partial charge is 0.207 e. The van der Waals surface area contributed by atoms with Gasteiger partial charge >= 0.3 is 0 Å². The van der Waals surface area contributed by atoms with Gasteiger partial charge in [-0.3, -0.25) is 0 Å². The average molecular weight is 312 g/mol. The summed E-state index contributed by atoms with van der Waals surface area (Å²) in [4.78, 5) is 0. The van der Waals surface area contributed by atoms with Crippen LogP contribution < -0.4 is 0 Å². The first-order chi connectivity index (χ1) is 6.00. The lowest BCUT2D eigenvalue weighted by molar-refractivity contribution is 0.572. The van der Waals surface area contributed by atoms with Crippen molar-refractivity contribution in [1.82, 2.24) is 0 Å². The molecule has 0 saturated heterocycles. The fraction of sp³-hybridized carbons (Fsp3) is 0.333. The molecule has 70 valence electrons. The Bertz CT molecular complexity index is 349. The van der Waals surface area contributed by atoms with Gasteiger partial charge in [-0.05, 0) is 18.1 Å². The zero-order chi connectivity index (χ0) is 9.64. The van der Waals surface area contributed by atoms with E-state index in [4.69, 9.17) is 0 Å². The van der Waals surface area contributed by atoms with Crippen LogP contribution in [0.15, 0.2) is 18.2 Å². The molecular formula is C9H6Br2F2. The lowest BCUT2D eigenvalue weighted by Crippen LogP contribution is -1.93. The van der Waals surface area contributed by atoms with Gasteiger partial charge in [0.15, 0.2) is 0 Å². The van der Waals surface area contributed by atoms with Crippen LogP contribution in [0, 0.1) is 11.6 Å². The van der Waals surface area contributed by atoms with E-state index in [1.54, 1.807) is 0 Å². The van der Waals surface area contributed by atoms with Gasteiger partial charge in [0, 0.05) is 12.0 Å². The van der Waals surface area contributed by atoms with Crippen LogP contribution in [0.2, 0.25) is 0 Å². The molecule has 1 fully saturated rings. The Hall–Kier alpha value is 0.0400. The molecule has 0 aromatic heterocycles. The molecule has 13 heavy (non-hydrogen) atoms. The zero-order valence-corrected chi connectivity index (χ0v) is 9.70. The van der Waals surface area contributed by atoms with Crippen molar-refractivity contribution >= 4 is 31.9 Å². The Balaban J connectivity index is 2.33. The van der Waals surface area contributed by atoms with E-state index < -0.39 is 11.6 Å². The first-order valence-electron chi connectivity index (χ1n) is 3.83. The van der Waals surface area contributed by atoms with Gasteiger partial charge in [0.25, 0.3) is 0 Å². The van der Waals surface area contributed by atoms with Gasteiger partial charge in [-0.25, -0.2) is 8.78 Å². The lowest BCUT2D eigenvalue weighted by atomic mass is 10.1. The molecule has 1 saturated carbocycles. The smallest absolute Gasteiger partial charge is 0.129 e. The highest BCUT2D eigenvalue weighted by atomic mass is 79.9. The molecule has 0 spiro atoms. The van der Waals surface area contributed by atoms with Crippen molar-refractivity contribution in [2.45, 2.75) is 15.6 Å². The minimum Gasteiger partial charge on any atom is -0.207 e. The minimum absolute atomic E-state index is 0.105. The van der Waals surface area contributed by atoms with Crippen molar-refractivity contribution in [3.05, 3.63) is 35.4 Å². The standard InChI is InChI=1S/C9H6Br2F2/c10-9(11)4-7(9)6-2-1-5(12)3-8(6)13/h1-3,7H,4H2. The van der Waals surface area contributed by atoms with Crippen molar-refractivity contribution in [3.63, 3.8) is 0 Å². The van der Waals surface area contributed by atoms with Crippen molar-refractivity contribution in [2.75, 3.05) is 0 Å². The highest BCUT2D eigenvalue weighted by Gasteiger charge is 2.52. The first-order valence-corrected chi connectivity index (χ1v) is 5.42. The van der Waals surface area contributed by atoms with Crippen LogP contribution in [-0.4, -0.2) is 3.23 Å². The van der Waals surface area contributed by atoms with Crippen molar-refractivity contribution in [3.8, 4) is 0 Å². The van der Waals surface area contributed by atoms with Gasteiger partial charge in [0.1, 0.15) is 11.6 Å². The predicted molar refractivity (Wildman–Crippen MR) is 54.3 cm³/mol. The second-order valence-electron chi connectivity index (χ2n) is 3.18. The van der Waals surface area contributed by atoms with Crippen LogP contribution in [0.3, 0.4) is 0 Å². The monoisotopic (exact) mass is 310 g/mol. The molecule has 1 aromatic rings. The van der Waals surface area contributed by atoms with E-state index in [1.165, 1.54) is 12.1 Å². The maximum atomic E-state index is 13.2. The fourth-order valence-corrected chi connectivity index (χ4v) is 2.48. The minimum atomic E-state index is -0.531. The molecule has 2 rings (SSSR count). The molecule has 1 aliphatic rings.